The summed E-state index contributed by atoms with van der Waals surface area (Å²) in [6, 6.07) is 10.5. The summed E-state index contributed by atoms with van der Waals surface area (Å²) in [7, 11) is 1.55. The molecule has 1 aliphatic carbocycles. The highest BCUT2D eigenvalue weighted by Crippen LogP contribution is 2.45. The Morgan fingerprint density at radius 1 is 1.07 bits per heavy atom. The number of rotatable bonds is 4. The van der Waals surface area contributed by atoms with E-state index >= 15 is 0 Å². The van der Waals surface area contributed by atoms with E-state index in [0.717, 1.165) is 11.1 Å². The van der Waals surface area contributed by atoms with Gasteiger partial charge in [0, 0.05) is 42.0 Å². The Morgan fingerprint density at radius 2 is 1.86 bits per heavy atom. The Bertz CT molecular complexity index is 995. The molecule has 2 amide bonds. The molecule has 2 fully saturated rings. The Balaban J connectivity index is 1.50. The van der Waals surface area contributed by atoms with Crippen LogP contribution >= 0.6 is 0 Å². The van der Waals surface area contributed by atoms with Gasteiger partial charge in [0.2, 0.25) is 0 Å². The second kappa shape index (κ2) is 6.77. The molecular weight excluding hydrogens is 372 g/mol. The highest BCUT2D eigenvalue weighted by molar-refractivity contribution is 6.02. The van der Waals surface area contributed by atoms with Crippen LogP contribution in [-0.2, 0) is 4.74 Å². The summed E-state index contributed by atoms with van der Waals surface area (Å²) in [5.41, 5.74) is 2.43. The van der Waals surface area contributed by atoms with Crippen LogP contribution in [0.1, 0.15) is 37.8 Å². The second-order valence-electron chi connectivity index (χ2n) is 7.84. The third-order valence-electron chi connectivity index (χ3n) is 6.14. The minimum atomic E-state index is -0.302. The van der Waals surface area contributed by atoms with E-state index in [1.165, 1.54) is 0 Å². The number of aromatic hydroxyl groups is 1. The molecule has 29 heavy (non-hydrogen) atoms. The van der Waals surface area contributed by atoms with E-state index in [1.807, 2.05) is 6.07 Å². The minimum Gasteiger partial charge on any atom is -0.508 e. The smallest absolute Gasteiger partial charge is 0.254 e. The van der Waals surface area contributed by atoms with Crippen molar-refractivity contribution in [2.24, 2.45) is 11.8 Å². The summed E-state index contributed by atoms with van der Waals surface area (Å²) in [5, 5.41) is 15.5. The number of carbonyl (C=O) groups is 2. The molecule has 1 unspecified atom stereocenters. The van der Waals surface area contributed by atoms with E-state index in [-0.39, 0.29) is 29.5 Å². The number of phenols is 1. The van der Waals surface area contributed by atoms with Gasteiger partial charge >= 0.3 is 0 Å². The van der Waals surface area contributed by atoms with E-state index < -0.39 is 0 Å². The maximum Gasteiger partial charge on any atom is 0.254 e. The van der Waals surface area contributed by atoms with E-state index in [4.69, 9.17) is 9.47 Å². The average molecular weight is 394 g/mol. The van der Waals surface area contributed by atoms with Gasteiger partial charge in [-0.05, 0) is 29.8 Å². The maximum absolute atomic E-state index is 12.9. The predicted molar refractivity (Wildman–Crippen MR) is 104 cm³/mol. The van der Waals surface area contributed by atoms with Gasteiger partial charge in [0.15, 0.2) is 0 Å². The number of benzene rings is 2. The molecule has 1 saturated carbocycles. The summed E-state index contributed by atoms with van der Waals surface area (Å²) in [6.07, 6.45) is 0. The highest BCUT2D eigenvalue weighted by atomic mass is 16.5. The molecular formula is C22H22N2O5. The lowest BCUT2D eigenvalue weighted by atomic mass is 9.90. The molecule has 2 aliphatic heterocycles. The Morgan fingerprint density at radius 3 is 2.59 bits per heavy atom. The number of amides is 2. The Hall–Kier alpha value is -3.06. The number of hydrogen-bond donors (Lipinski definition) is 3. The van der Waals surface area contributed by atoms with Crippen molar-refractivity contribution >= 4 is 11.8 Å². The van der Waals surface area contributed by atoms with Gasteiger partial charge in [0.1, 0.15) is 11.5 Å². The molecule has 4 atom stereocenters. The van der Waals surface area contributed by atoms with Crippen molar-refractivity contribution in [3.05, 3.63) is 58.7 Å². The molecule has 7 heteroatoms. The fourth-order valence-corrected chi connectivity index (χ4v) is 4.47. The molecule has 2 aromatic rings. The van der Waals surface area contributed by atoms with Crippen molar-refractivity contribution in [3.63, 3.8) is 0 Å². The minimum absolute atomic E-state index is 0.145. The number of hydrogen-bond acceptors (Lipinski definition) is 5. The van der Waals surface area contributed by atoms with E-state index in [9.17, 15) is 14.7 Å². The monoisotopic (exact) mass is 394 g/mol. The number of ether oxygens (including phenoxy) is 2. The average Bonchev–Trinajstić information content (AvgIpc) is 3.09. The van der Waals surface area contributed by atoms with Gasteiger partial charge in [0.05, 0.1) is 25.4 Å². The molecule has 0 spiro atoms. The molecule has 0 bridgehead atoms. The van der Waals surface area contributed by atoms with Gasteiger partial charge in [-0.25, -0.2) is 0 Å². The first kappa shape index (κ1) is 18.0. The van der Waals surface area contributed by atoms with Gasteiger partial charge < -0.3 is 25.2 Å². The maximum atomic E-state index is 12.9. The highest BCUT2D eigenvalue weighted by Gasteiger charge is 2.54. The molecule has 7 nitrogen and oxygen atoms in total. The van der Waals surface area contributed by atoms with Crippen LogP contribution < -0.4 is 15.4 Å². The van der Waals surface area contributed by atoms with Gasteiger partial charge in [-0.2, -0.15) is 0 Å². The van der Waals surface area contributed by atoms with Crippen LogP contribution in [0.15, 0.2) is 36.4 Å². The molecule has 0 radical (unpaired) electrons. The van der Waals surface area contributed by atoms with Crippen LogP contribution in [0.3, 0.4) is 0 Å². The van der Waals surface area contributed by atoms with Gasteiger partial charge in [0.25, 0.3) is 11.8 Å². The quantitative estimate of drug-likeness (QED) is 0.733. The first-order valence-electron chi connectivity index (χ1n) is 9.77. The summed E-state index contributed by atoms with van der Waals surface area (Å²) in [4.78, 5) is 25.4. The van der Waals surface area contributed by atoms with E-state index in [1.54, 1.807) is 37.4 Å². The third-order valence-corrected chi connectivity index (χ3v) is 6.14. The summed E-state index contributed by atoms with van der Waals surface area (Å²) in [5.74, 6) is 0.792. The third kappa shape index (κ3) is 3.02. The van der Waals surface area contributed by atoms with Crippen molar-refractivity contribution in [2.75, 3.05) is 26.9 Å². The van der Waals surface area contributed by atoms with Crippen LogP contribution in [0.5, 0.6) is 11.5 Å². The van der Waals surface area contributed by atoms with Gasteiger partial charge in [-0.3, -0.25) is 9.59 Å². The first-order chi connectivity index (χ1) is 14.1. The lowest BCUT2D eigenvalue weighted by Crippen LogP contribution is -2.30. The first-order valence-corrected chi connectivity index (χ1v) is 9.77. The second-order valence-corrected chi connectivity index (χ2v) is 7.84. The molecule has 3 aliphatic rings. The molecule has 2 aromatic carbocycles. The SMILES string of the molecule is CNC(=O)c1cc(C(=O)N[C@H]2[C@@H]3COC[C@@H]32)cc2c1OCC2c1cccc(O)c1. The molecule has 1 saturated heterocycles. The van der Waals surface area contributed by atoms with Crippen LogP contribution in [0, 0.1) is 11.8 Å². The number of phenolic OH excluding ortho intramolecular Hbond substituents is 1. The Labute approximate surface area is 168 Å². The zero-order valence-electron chi connectivity index (χ0n) is 16.0. The van der Waals surface area contributed by atoms with E-state index in [0.29, 0.717) is 48.5 Å². The zero-order valence-corrected chi connectivity index (χ0v) is 16.0. The molecule has 0 aromatic heterocycles. The molecule has 5 rings (SSSR count). The van der Waals surface area contributed by atoms with Crippen molar-refractivity contribution in [3.8, 4) is 11.5 Å². The van der Waals surface area contributed by atoms with Crippen molar-refractivity contribution in [1.82, 2.24) is 10.6 Å². The topological polar surface area (TPSA) is 96.9 Å². The van der Waals surface area contributed by atoms with Gasteiger partial charge in [-0.1, -0.05) is 12.1 Å². The largest absolute Gasteiger partial charge is 0.508 e. The molecule has 150 valence electrons. The van der Waals surface area contributed by atoms with Crippen LogP contribution in [0.25, 0.3) is 0 Å². The van der Waals surface area contributed by atoms with E-state index in [2.05, 4.69) is 10.6 Å². The summed E-state index contributed by atoms with van der Waals surface area (Å²) < 4.78 is 11.2. The molecule has 3 N–H and O–H groups in total. The van der Waals surface area contributed by atoms with Crippen molar-refractivity contribution < 1.29 is 24.2 Å². The number of fused-ring (bicyclic) bond motifs is 2. The normalized spacial score (nSPS) is 26.2. The van der Waals surface area contributed by atoms with Crippen molar-refractivity contribution in [1.29, 1.82) is 0 Å². The predicted octanol–water partition coefficient (Wildman–Crippen LogP) is 1.65. The Kier molecular flexibility index (Phi) is 4.20. The van der Waals surface area contributed by atoms with Gasteiger partial charge in [-0.15, -0.1) is 0 Å². The number of carbonyl (C=O) groups excluding carboxylic acids is 2. The van der Waals surface area contributed by atoms with Crippen molar-refractivity contribution in [2.45, 2.75) is 12.0 Å². The molecule has 2 heterocycles. The van der Waals surface area contributed by atoms with Crippen LogP contribution in [0.2, 0.25) is 0 Å². The fraction of sp³-hybridized carbons (Fsp3) is 0.364. The zero-order chi connectivity index (χ0) is 20.1. The fourth-order valence-electron chi connectivity index (χ4n) is 4.47. The lowest BCUT2D eigenvalue weighted by Gasteiger charge is -2.14. The van der Waals surface area contributed by atoms with Crippen LogP contribution in [0.4, 0.5) is 0 Å². The summed E-state index contributed by atoms with van der Waals surface area (Å²) >= 11 is 0. The summed E-state index contributed by atoms with van der Waals surface area (Å²) in [6.45, 7) is 1.73. The standard InChI is InChI=1S/C22H22N2O5/c1-23-22(27)15-7-12(21(26)24-19-17-8-28-9-18(17)19)6-14-16(10-29-20(14)15)11-3-2-4-13(25)5-11/h2-7,16-19,25H,8-10H2,1H3,(H,23,27)(H,24,26)/t16?,17-,18+,19+. The lowest BCUT2D eigenvalue weighted by molar-refractivity contribution is 0.0929. The van der Waals surface area contributed by atoms with Crippen LogP contribution in [-0.4, -0.2) is 49.8 Å². The number of nitrogens with one attached hydrogen (secondary N) is 2.